The fourth-order valence-corrected chi connectivity index (χ4v) is 1.99. The van der Waals surface area contributed by atoms with E-state index in [1.807, 2.05) is 0 Å². The van der Waals surface area contributed by atoms with Crippen LogP contribution in [0, 0.1) is 0 Å². The lowest BCUT2D eigenvalue weighted by Crippen LogP contribution is -2.09. The van der Waals surface area contributed by atoms with Crippen LogP contribution in [0.1, 0.15) is 0 Å². The fraction of sp³-hybridized carbons (Fsp3) is 0.333. The Morgan fingerprint density at radius 2 is 2.44 bits per heavy atom. The fourth-order valence-electron chi connectivity index (χ4n) is 0.430. The molecule has 9 heavy (non-hydrogen) atoms. The van der Waals surface area contributed by atoms with Crippen molar-refractivity contribution >= 4 is 22.1 Å². The van der Waals surface area contributed by atoms with E-state index in [9.17, 15) is 8.42 Å². The first-order valence-electron chi connectivity index (χ1n) is 2.16. The Labute approximate surface area is 57.2 Å². The molecule has 0 aromatic rings. The van der Waals surface area contributed by atoms with Crippen LogP contribution in [0.15, 0.2) is 11.1 Å². The number of nitrogens with one attached hydrogen (secondary N) is 1. The van der Waals surface area contributed by atoms with Gasteiger partial charge < -0.3 is 4.72 Å². The molecule has 0 aromatic carbocycles. The highest BCUT2D eigenvalue weighted by Gasteiger charge is 2.16. The minimum atomic E-state index is -3.97. The summed E-state index contributed by atoms with van der Waals surface area (Å²) in [7, 11) is -3.97. The lowest BCUT2D eigenvalue weighted by atomic mass is 10.7. The van der Waals surface area contributed by atoms with Gasteiger partial charge in [-0.1, -0.05) is 0 Å². The van der Waals surface area contributed by atoms with Gasteiger partial charge in [-0.3, -0.25) is 4.55 Å². The van der Waals surface area contributed by atoms with Crippen molar-refractivity contribution in [1.82, 2.24) is 4.72 Å². The minimum Gasteiger partial charge on any atom is -0.318 e. The molecule has 0 aliphatic carbocycles. The maximum absolute atomic E-state index is 10.2. The Balaban J connectivity index is 2.87. The molecule has 2 N–H and O–H groups in total. The van der Waals surface area contributed by atoms with E-state index in [2.05, 4.69) is 4.72 Å². The average Bonchev–Trinajstić information content (AvgIpc) is 2.08. The molecule has 0 aromatic heterocycles. The molecule has 1 aliphatic heterocycles. The molecule has 1 aliphatic rings. The molecule has 0 atom stereocenters. The molecule has 1 rings (SSSR count). The SMILES string of the molecule is O=S(=O)(O)C1=CCSN1. The van der Waals surface area contributed by atoms with Crippen LogP contribution in [0.3, 0.4) is 0 Å². The molecule has 0 amide bonds. The summed E-state index contributed by atoms with van der Waals surface area (Å²) in [5.74, 6) is 0.578. The van der Waals surface area contributed by atoms with Gasteiger partial charge in [-0.25, -0.2) is 0 Å². The molecule has 0 saturated heterocycles. The van der Waals surface area contributed by atoms with E-state index in [-0.39, 0.29) is 5.03 Å². The Bertz CT molecular complexity index is 229. The summed E-state index contributed by atoms with van der Waals surface area (Å²) in [6.45, 7) is 0. The summed E-state index contributed by atoms with van der Waals surface area (Å²) < 4.78 is 31.3. The van der Waals surface area contributed by atoms with Crippen molar-refractivity contribution in [3.8, 4) is 0 Å². The minimum absolute atomic E-state index is 0.104. The molecular weight excluding hydrogens is 162 g/mol. The second kappa shape index (κ2) is 2.20. The second-order valence-corrected chi connectivity index (χ2v) is 3.67. The lowest BCUT2D eigenvalue weighted by Gasteiger charge is -1.95. The molecule has 4 nitrogen and oxygen atoms in total. The maximum atomic E-state index is 10.2. The second-order valence-electron chi connectivity index (χ2n) is 1.46. The zero-order valence-electron chi connectivity index (χ0n) is 4.36. The first-order chi connectivity index (χ1) is 4.11. The van der Waals surface area contributed by atoms with E-state index in [1.54, 1.807) is 0 Å². The van der Waals surface area contributed by atoms with Crippen molar-refractivity contribution in [1.29, 1.82) is 0 Å². The van der Waals surface area contributed by atoms with Gasteiger partial charge in [0, 0.05) is 5.75 Å². The van der Waals surface area contributed by atoms with Crippen molar-refractivity contribution in [2.24, 2.45) is 0 Å². The number of hydrogen-bond donors (Lipinski definition) is 2. The van der Waals surface area contributed by atoms with Gasteiger partial charge in [0.15, 0.2) is 5.03 Å². The summed E-state index contributed by atoms with van der Waals surface area (Å²) in [4.78, 5) is 0. The van der Waals surface area contributed by atoms with E-state index in [0.29, 0.717) is 5.75 Å². The smallest absolute Gasteiger partial charge is 0.310 e. The monoisotopic (exact) mass is 167 g/mol. The van der Waals surface area contributed by atoms with Crippen LogP contribution in [-0.2, 0) is 10.1 Å². The molecule has 0 radical (unpaired) electrons. The zero-order valence-corrected chi connectivity index (χ0v) is 6.00. The quantitative estimate of drug-likeness (QED) is 0.424. The van der Waals surface area contributed by atoms with E-state index in [4.69, 9.17) is 4.55 Å². The molecule has 6 heteroatoms. The molecule has 0 unspecified atom stereocenters. The van der Waals surface area contributed by atoms with Crippen LogP contribution < -0.4 is 4.72 Å². The highest BCUT2D eigenvalue weighted by molar-refractivity contribution is 7.99. The van der Waals surface area contributed by atoms with E-state index >= 15 is 0 Å². The first kappa shape index (κ1) is 6.91. The topological polar surface area (TPSA) is 66.4 Å². The summed E-state index contributed by atoms with van der Waals surface area (Å²) >= 11 is 1.23. The standard InChI is InChI=1S/C3H5NO3S2/c5-9(6,7)3-1-2-8-4-3/h1,4H,2H2,(H,5,6,7). The van der Waals surface area contributed by atoms with Crippen LogP contribution in [0.4, 0.5) is 0 Å². The van der Waals surface area contributed by atoms with Crippen LogP contribution in [-0.4, -0.2) is 18.7 Å². The number of rotatable bonds is 1. The average molecular weight is 167 g/mol. The lowest BCUT2D eigenvalue weighted by molar-refractivity contribution is 0.489. The summed E-state index contributed by atoms with van der Waals surface area (Å²) in [5, 5.41) is -0.104. The normalized spacial score (nSPS) is 19.0. The molecule has 0 fully saturated rings. The third-order valence-corrected chi connectivity index (χ3v) is 2.45. The molecule has 0 saturated carbocycles. The Kier molecular flexibility index (Phi) is 1.69. The van der Waals surface area contributed by atoms with Crippen LogP contribution >= 0.6 is 11.9 Å². The van der Waals surface area contributed by atoms with E-state index in [1.165, 1.54) is 18.0 Å². The van der Waals surface area contributed by atoms with Crippen LogP contribution in [0.2, 0.25) is 0 Å². The largest absolute Gasteiger partial charge is 0.318 e. The summed E-state index contributed by atoms with van der Waals surface area (Å²) in [6, 6.07) is 0. The van der Waals surface area contributed by atoms with Crippen LogP contribution in [0.25, 0.3) is 0 Å². The predicted octanol–water partition coefficient (Wildman–Crippen LogP) is -0.0330. The number of hydrogen-bond acceptors (Lipinski definition) is 4. The molecule has 1 heterocycles. The van der Waals surface area contributed by atoms with Gasteiger partial charge in [-0.05, 0) is 18.0 Å². The van der Waals surface area contributed by atoms with Gasteiger partial charge >= 0.3 is 10.1 Å². The molecular formula is C3H5NO3S2. The van der Waals surface area contributed by atoms with Crippen molar-refractivity contribution in [3.63, 3.8) is 0 Å². The summed E-state index contributed by atoms with van der Waals surface area (Å²) in [5.41, 5.74) is 0. The van der Waals surface area contributed by atoms with Gasteiger partial charge in [0.2, 0.25) is 0 Å². The van der Waals surface area contributed by atoms with Crippen molar-refractivity contribution in [2.45, 2.75) is 0 Å². The molecule has 0 spiro atoms. The van der Waals surface area contributed by atoms with E-state index in [0.717, 1.165) is 0 Å². The van der Waals surface area contributed by atoms with Crippen molar-refractivity contribution < 1.29 is 13.0 Å². The van der Waals surface area contributed by atoms with Gasteiger partial charge in [-0.15, -0.1) is 0 Å². The zero-order chi connectivity index (χ0) is 6.91. The van der Waals surface area contributed by atoms with Crippen LogP contribution in [0.5, 0.6) is 0 Å². The Morgan fingerprint density at radius 1 is 1.78 bits per heavy atom. The predicted molar refractivity (Wildman–Crippen MR) is 35.2 cm³/mol. The highest BCUT2D eigenvalue weighted by atomic mass is 32.2. The third kappa shape index (κ3) is 1.60. The maximum Gasteiger partial charge on any atom is 0.310 e. The van der Waals surface area contributed by atoms with Gasteiger partial charge in [0.05, 0.1) is 0 Å². The Hall–Kier alpha value is -0.200. The Morgan fingerprint density at radius 3 is 2.67 bits per heavy atom. The summed E-state index contributed by atoms with van der Waals surface area (Å²) in [6.07, 6.45) is 1.42. The van der Waals surface area contributed by atoms with Crippen molar-refractivity contribution in [2.75, 3.05) is 5.75 Å². The highest BCUT2D eigenvalue weighted by Crippen LogP contribution is 2.13. The van der Waals surface area contributed by atoms with Gasteiger partial charge in [-0.2, -0.15) is 8.42 Å². The van der Waals surface area contributed by atoms with Gasteiger partial charge in [0.1, 0.15) is 0 Å². The van der Waals surface area contributed by atoms with E-state index < -0.39 is 10.1 Å². The molecule has 52 valence electrons. The first-order valence-corrected chi connectivity index (χ1v) is 4.59. The van der Waals surface area contributed by atoms with Gasteiger partial charge in [0.25, 0.3) is 0 Å². The third-order valence-electron chi connectivity index (χ3n) is 0.803. The van der Waals surface area contributed by atoms with Crippen molar-refractivity contribution in [3.05, 3.63) is 11.1 Å². The molecule has 0 bridgehead atoms.